The molecule has 7 rings (SSSR count). The first-order valence-corrected chi connectivity index (χ1v) is 10.4. The van der Waals surface area contributed by atoms with Gasteiger partial charge in [-0.2, -0.15) is 0 Å². The first-order valence-electron chi connectivity index (χ1n) is 10.4. The van der Waals surface area contributed by atoms with Gasteiger partial charge in [-0.05, 0) is 85.9 Å². The maximum Gasteiger partial charge on any atom is 0.158 e. The van der Waals surface area contributed by atoms with E-state index in [-0.39, 0.29) is 24.0 Å². The molecule has 7 fully saturated rings. The standard InChI is InChI=1S/C20H28O4/c21-19-17-15-9(5-7-1-3-11(23-19)13(7)15)10-6-8-2-4-12-14(8)16(10)18(17)20(22)24-12/h7-22H,1-6H2/t7-,8-,9-,10+,11-,12-,13+,14+,15+,16-,17-,18-,19-,20-/m1/s1. The molecule has 4 nitrogen and oxygen atoms in total. The molecule has 0 radical (unpaired) electrons. The first-order chi connectivity index (χ1) is 11.7. The maximum atomic E-state index is 10.9. The Bertz CT molecular complexity index is 530. The Hall–Kier alpha value is -0.160. The molecule has 24 heavy (non-hydrogen) atoms. The second-order valence-corrected chi connectivity index (χ2v) is 10.1. The summed E-state index contributed by atoms with van der Waals surface area (Å²) in [4.78, 5) is 0. The normalized spacial score (nSPS) is 71.2. The molecule has 2 heterocycles. The van der Waals surface area contributed by atoms with E-state index in [1.54, 1.807) is 0 Å². The Balaban J connectivity index is 1.38. The molecule has 0 spiro atoms. The van der Waals surface area contributed by atoms with Crippen LogP contribution in [0.15, 0.2) is 0 Å². The lowest BCUT2D eigenvalue weighted by atomic mass is 9.53. The minimum atomic E-state index is -0.684. The van der Waals surface area contributed by atoms with Gasteiger partial charge in [0, 0.05) is 11.8 Å². The highest BCUT2D eigenvalue weighted by atomic mass is 16.6. The summed E-state index contributed by atoms with van der Waals surface area (Å²) in [6, 6.07) is 0. The topological polar surface area (TPSA) is 58.9 Å². The number of rotatable bonds is 0. The van der Waals surface area contributed by atoms with Gasteiger partial charge in [0.05, 0.1) is 12.2 Å². The van der Waals surface area contributed by atoms with Crippen LogP contribution in [-0.4, -0.2) is 35.0 Å². The van der Waals surface area contributed by atoms with Crippen LogP contribution in [0, 0.1) is 59.2 Å². The second-order valence-electron chi connectivity index (χ2n) is 10.1. The fourth-order valence-electron chi connectivity index (χ4n) is 9.53. The number of hydrogen-bond donors (Lipinski definition) is 2. The van der Waals surface area contributed by atoms with Crippen LogP contribution in [0.4, 0.5) is 0 Å². The molecular formula is C20H28O4. The van der Waals surface area contributed by atoms with Crippen molar-refractivity contribution in [3.63, 3.8) is 0 Å². The zero-order chi connectivity index (χ0) is 15.7. The highest BCUT2D eigenvalue weighted by Crippen LogP contribution is 2.72. The van der Waals surface area contributed by atoms with E-state index in [4.69, 9.17) is 9.47 Å². The molecule has 2 N–H and O–H groups in total. The molecule has 0 amide bonds. The van der Waals surface area contributed by atoms with Gasteiger partial charge < -0.3 is 19.7 Å². The number of fused-ring (bicyclic) bond motifs is 2. The first kappa shape index (κ1) is 14.0. The van der Waals surface area contributed by atoms with Crippen LogP contribution in [0.2, 0.25) is 0 Å². The Morgan fingerprint density at radius 1 is 0.542 bits per heavy atom. The smallest absolute Gasteiger partial charge is 0.158 e. The lowest BCUT2D eigenvalue weighted by Gasteiger charge is -2.58. The lowest BCUT2D eigenvalue weighted by Crippen LogP contribution is -2.61. The second kappa shape index (κ2) is 4.39. The monoisotopic (exact) mass is 332 g/mol. The third-order valence-corrected chi connectivity index (χ3v) is 9.79. The predicted octanol–water partition coefficient (Wildman–Crippen LogP) is 1.99. The van der Waals surface area contributed by atoms with E-state index in [2.05, 4.69) is 0 Å². The van der Waals surface area contributed by atoms with Gasteiger partial charge in [-0.25, -0.2) is 0 Å². The van der Waals surface area contributed by atoms with Gasteiger partial charge in [-0.15, -0.1) is 0 Å². The van der Waals surface area contributed by atoms with Crippen molar-refractivity contribution in [1.82, 2.24) is 0 Å². The molecule has 132 valence electrons. The molecule has 2 aliphatic heterocycles. The van der Waals surface area contributed by atoms with Crippen LogP contribution in [0.1, 0.15) is 38.5 Å². The van der Waals surface area contributed by atoms with E-state index in [0.717, 1.165) is 36.5 Å². The van der Waals surface area contributed by atoms with Crippen LogP contribution in [0.25, 0.3) is 0 Å². The van der Waals surface area contributed by atoms with E-state index in [0.29, 0.717) is 23.7 Å². The van der Waals surface area contributed by atoms with Gasteiger partial charge in [0.25, 0.3) is 0 Å². The van der Waals surface area contributed by atoms with E-state index < -0.39 is 12.6 Å². The van der Waals surface area contributed by atoms with Crippen molar-refractivity contribution >= 4 is 0 Å². The lowest BCUT2D eigenvalue weighted by molar-refractivity contribution is -0.317. The maximum absolute atomic E-state index is 10.9. The summed E-state index contributed by atoms with van der Waals surface area (Å²) in [5.74, 6) is 5.85. The number of aliphatic hydroxyl groups excluding tert-OH is 2. The SMILES string of the molecule is O[C@@H]1O[C@@H]2CC[C@@H]3C[C@@H]4[C@@H]5C[C@H]6CC[C@H]7O[C@@H](O)[C@H]([C@H]5[C@@H]67)[C@H]1[C@@H]4[C@@H]32. The van der Waals surface area contributed by atoms with E-state index in [1.165, 1.54) is 25.7 Å². The Morgan fingerprint density at radius 2 is 1.00 bits per heavy atom. The Kier molecular flexibility index (Phi) is 2.55. The fraction of sp³-hybridized carbons (Fsp3) is 1.00. The molecule has 5 aliphatic carbocycles. The van der Waals surface area contributed by atoms with E-state index >= 15 is 0 Å². The largest absolute Gasteiger partial charge is 0.368 e. The molecule has 0 aromatic heterocycles. The van der Waals surface area contributed by atoms with Gasteiger partial charge >= 0.3 is 0 Å². The highest BCUT2D eigenvalue weighted by Gasteiger charge is 2.71. The molecule has 4 heteroatoms. The number of aliphatic hydroxyl groups is 2. The minimum absolute atomic E-state index is 0.107. The molecule has 0 aromatic rings. The number of ether oxygens (including phenoxy) is 2. The minimum Gasteiger partial charge on any atom is -0.368 e. The van der Waals surface area contributed by atoms with Crippen LogP contribution in [-0.2, 0) is 9.47 Å². The fourth-order valence-corrected chi connectivity index (χ4v) is 9.53. The molecule has 0 bridgehead atoms. The van der Waals surface area contributed by atoms with Crippen molar-refractivity contribution in [3.05, 3.63) is 0 Å². The zero-order valence-corrected chi connectivity index (χ0v) is 14.0. The molecule has 5 saturated carbocycles. The zero-order valence-electron chi connectivity index (χ0n) is 14.0. The summed E-state index contributed by atoms with van der Waals surface area (Å²) < 4.78 is 12.2. The summed E-state index contributed by atoms with van der Waals surface area (Å²) in [6.07, 6.45) is 6.78. The van der Waals surface area contributed by atoms with Crippen molar-refractivity contribution in [2.45, 2.75) is 63.3 Å². The van der Waals surface area contributed by atoms with Crippen LogP contribution in [0.5, 0.6) is 0 Å². The van der Waals surface area contributed by atoms with Crippen molar-refractivity contribution in [3.8, 4) is 0 Å². The predicted molar refractivity (Wildman–Crippen MR) is 84.4 cm³/mol. The van der Waals surface area contributed by atoms with E-state index in [1.807, 2.05) is 0 Å². The summed E-state index contributed by atoms with van der Waals surface area (Å²) in [7, 11) is 0. The molecule has 2 saturated heterocycles. The summed E-state index contributed by atoms with van der Waals surface area (Å²) in [5, 5.41) is 21.8. The Labute approximate surface area is 142 Å². The third kappa shape index (κ3) is 1.42. The van der Waals surface area contributed by atoms with Crippen molar-refractivity contribution < 1.29 is 19.7 Å². The average molecular weight is 332 g/mol. The average Bonchev–Trinajstić information content (AvgIpc) is 3.27. The summed E-state index contributed by atoms with van der Waals surface area (Å²) in [5.41, 5.74) is 0. The molecule has 0 aromatic carbocycles. The van der Waals surface area contributed by atoms with Crippen LogP contribution < -0.4 is 0 Å². The summed E-state index contributed by atoms with van der Waals surface area (Å²) >= 11 is 0. The van der Waals surface area contributed by atoms with Gasteiger partial charge in [0.2, 0.25) is 0 Å². The van der Waals surface area contributed by atoms with Gasteiger partial charge in [-0.1, -0.05) is 0 Å². The van der Waals surface area contributed by atoms with E-state index in [9.17, 15) is 10.2 Å². The molecule has 14 atom stereocenters. The van der Waals surface area contributed by atoms with Crippen molar-refractivity contribution in [2.24, 2.45) is 59.2 Å². The highest BCUT2D eigenvalue weighted by molar-refractivity contribution is 5.16. The van der Waals surface area contributed by atoms with Crippen LogP contribution >= 0.6 is 0 Å². The van der Waals surface area contributed by atoms with Gasteiger partial charge in [-0.3, -0.25) is 0 Å². The third-order valence-electron chi connectivity index (χ3n) is 9.79. The van der Waals surface area contributed by atoms with Crippen molar-refractivity contribution in [1.29, 1.82) is 0 Å². The molecule has 7 aliphatic rings. The molecule has 0 unspecified atom stereocenters. The number of hydrogen-bond acceptors (Lipinski definition) is 4. The van der Waals surface area contributed by atoms with Gasteiger partial charge in [0.15, 0.2) is 12.6 Å². The quantitative estimate of drug-likeness (QED) is 0.712. The Morgan fingerprint density at radius 3 is 1.46 bits per heavy atom. The van der Waals surface area contributed by atoms with Gasteiger partial charge in [0.1, 0.15) is 0 Å². The van der Waals surface area contributed by atoms with Crippen molar-refractivity contribution in [2.75, 3.05) is 0 Å². The summed E-state index contributed by atoms with van der Waals surface area (Å²) in [6.45, 7) is 0. The van der Waals surface area contributed by atoms with Crippen LogP contribution in [0.3, 0.4) is 0 Å². The molecular weight excluding hydrogens is 304 g/mol.